The Morgan fingerprint density at radius 2 is 1.88 bits per heavy atom. The standard InChI is InChI=1S/C13H16F3N/c1-8-7-10(8)12(17-2)9-5-3-4-6-11(9)13(14,15)16/h3-6,8,10,12,17H,7H2,1-2H3. The van der Waals surface area contributed by atoms with E-state index in [2.05, 4.69) is 12.2 Å². The lowest BCUT2D eigenvalue weighted by molar-refractivity contribution is -0.138. The normalized spacial score (nSPS) is 25.7. The van der Waals surface area contributed by atoms with Crippen molar-refractivity contribution in [2.24, 2.45) is 11.8 Å². The SMILES string of the molecule is CNC(c1ccccc1C(F)(F)F)C1CC1C. The summed E-state index contributed by atoms with van der Waals surface area (Å²) in [6, 6.07) is 5.65. The van der Waals surface area contributed by atoms with Crippen LogP contribution in [-0.4, -0.2) is 7.05 Å². The quantitative estimate of drug-likeness (QED) is 0.855. The van der Waals surface area contributed by atoms with E-state index in [1.807, 2.05) is 0 Å². The van der Waals surface area contributed by atoms with Crippen LogP contribution in [0.4, 0.5) is 13.2 Å². The van der Waals surface area contributed by atoms with Gasteiger partial charge in [0.05, 0.1) is 5.56 Å². The molecule has 3 unspecified atom stereocenters. The summed E-state index contributed by atoms with van der Waals surface area (Å²) < 4.78 is 38.7. The van der Waals surface area contributed by atoms with Crippen molar-refractivity contribution in [1.82, 2.24) is 5.32 Å². The highest BCUT2D eigenvalue weighted by Gasteiger charge is 2.43. The van der Waals surface area contributed by atoms with Crippen molar-refractivity contribution in [2.45, 2.75) is 25.6 Å². The molecule has 0 radical (unpaired) electrons. The highest BCUT2D eigenvalue weighted by molar-refractivity contribution is 5.33. The largest absolute Gasteiger partial charge is 0.416 e. The van der Waals surface area contributed by atoms with E-state index in [1.165, 1.54) is 6.07 Å². The van der Waals surface area contributed by atoms with Gasteiger partial charge in [-0.3, -0.25) is 0 Å². The van der Waals surface area contributed by atoms with Gasteiger partial charge in [-0.1, -0.05) is 25.1 Å². The molecule has 1 aromatic carbocycles. The second-order valence-electron chi connectivity index (χ2n) is 4.73. The van der Waals surface area contributed by atoms with Gasteiger partial charge in [0.15, 0.2) is 0 Å². The summed E-state index contributed by atoms with van der Waals surface area (Å²) in [5.41, 5.74) is -0.143. The number of nitrogens with one attached hydrogen (secondary N) is 1. The Hall–Kier alpha value is -1.03. The minimum atomic E-state index is -4.27. The van der Waals surface area contributed by atoms with Gasteiger partial charge in [-0.05, 0) is 36.9 Å². The number of hydrogen-bond donors (Lipinski definition) is 1. The summed E-state index contributed by atoms with van der Waals surface area (Å²) in [7, 11) is 1.73. The molecule has 0 saturated heterocycles. The van der Waals surface area contributed by atoms with Crippen molar-refractivity contribution in [3.05, 3.63) is 35.4 Å². The number of halogens is 3. The van der Waals surface area contributed by atoms with Crippen LogP contribution < -0.4 is 5.32 Å². The van der Waals surface area contributed by atoms with E-state index in [9.17, 15) is 13.2 Å². The molecule has 94 valence electrons. The van der Waals surface area contributed by atoms with Gasteiger partial charge in [0.25, 0.3) is 0 Å². The molecule has 0 heterocycles. The Bertz CT molecular complexity index is 400. The van der Waals surface area contributed by atoms with Crippen molar-refractivity contribution in [3.63, 3.8) is 0 Å². The maximum Gasteiger partial charge on any atom is 0.416 e. The first-order valence-corrected chi connectivity index (χ1v) is 5.78. The zero-order valence-corrected chi connectivity index (χ0v) is 9.88. The summed E-state index contributed by atoms with van der Waals surface area (Å²) in [6.07, 6.45) is -3.28. The van der Waals surface area contributed by atoms with Crippen molar-refractivity contribution in [1.29, 1.82) is 0 Å². The monoisotopic (exact) mass is 243 g/mol. The van der Waals surface area contributed by atoms with Crippen molar-refractivity contribution in [2.75, 3.05) is 7.05 Å². The Morgan fingerprint density at radius 1 is 1.29 bits per heavy atom. The molecule has 0 aromatic heterocycles. The van der Waals surface area contributed by atoms with Crippen molar-refractivity contribution < 1.29 is 13.2 Å². The number of hydrogen-bond acceptors (Lipinski definition) is 1. The van der Waals surface area contributed by atoms with Gasteiger partial charge in [-0.2, -0.15) is 13.2 Å². The molecule has 17 heavy (non-hydrogen) atoms. The first kappa shape index (κ1) is 12.4. The van der Waals surface area contributed by atoms with Gasteiger partial charge >= 0.3 is 6.18 Å². The molecular formula is C13H16F3N. The van der Waals surface area contributed by atoms with Crippen LogP contribution in [0.25, 0.3) is 0 Å². The molecule has 3 atom stereocenters. The second kappa shape index (κ2) is 4.33. The third-order valence-electron chi connectivity index (χ3n) is 3.51. The van der Waals surface area contributed by atoms with E-state index in [4.69, 9.17) is 0 Å². The van der Waals surface area contributed by atoms with Gasteiger partial charge in [-0.15, -0.1) is 0 Å². The molecule has 1 aliphatic rings. The van der Waals surface area contributed by atoms with E-state index < -0.39 is 11.7 Å². The van der Waals surface area contributed by atoms with Crippen LogP contribution in [-0.2, 0) is 6.18 Å². The Morgan fingerprint density at radius 3 is 2.35 bits per heavy atom. The van der Waals surface area contributed by atoms with Gasteiger partial charge in [0.2, 0.25) is 0 Å². The highest BCUT2D eigenvalue weighted by atomic mass is 19.4. The summed E-state index contributed by atoms with van der Waals surface area (Å²) in [6.45, 7) is 2.07. The molecule has 1 N–H and O–H groups in total. The molecular weight excluding hydrogens is 227 g/mol. The van der Waals surface area contributed by atoms with E-state index in [0.717, 1.165) is 12.5 Å². The van der Waals surface area contributed by atoms with Crippen LogP contribution in [0.2, 0.25) is 0 Å². The average Bonchev–Trinajstić information content (AvgIpc) is 2.96. The lowest BCUT2D eigenvalue weighted by atomic mass is 9.96. The van der Waals surface area contributed by atoms with Crippen LogP contribution in [0.15, 0.2) is 24.3 Å². The van der Waals surface area contributed by atoms with E-state index in [0.29, 0.717) is 17.4 Å². The molecule has 1 fully saturated rings. The maximum absolute atomic E-state index is 12.9. The Balaban J connectivity index is 2.36. The third kappa shape index (κ3) is 2.46. The smallest absolute Gasteiger partial charge is 0.313 e. The zero-order valence-electron chi connectivity index (χ0n) is 9.88. The minimum absolute atomic E-state index is 0.192. The first-order valence-electron chi connectivity index (χ1n) is 5.78. The van der Waals surface area contributed by atoms with Crippen LogP contribution in [0.1, 0.15) is 30.5 Å². The summed E-state index contributed by atoms with van der Waals surface area (Å²) >= 11 is 0. The molecule has 0 amide bonds. The fourth-order valence-electron chi connectivity index (χ4n) is 2.44. The predicted octanol–water partition coefficient (Wildman–Crippen LogP) is 3.62. The van der Waals surface area contributed by atoms with Crippen molar-refractivity contribution in [3.8, 4) is 0 Å². The average molecular weight is 243 g/mol. The van der Waals surface area contributed by atoms with Crippen LogP contribution in [0, 0.1) is 11.8 Å². The zero-order chi connectivity index (χ0) is 12.6. The van der Waals surface area contributed by atoms with E-state index in [1.54, 1.807) is 19.2 Å². The lowest BCUT2D eigenvalue weighted by Gasteiger charge is -2.21. The highest BCUT2D eigenvalue weighted by Crippen LogP contribution is 2.48. The minimum Gasteiger partial charge on any atom is -0.313 e. The van der Waals surface area contributed by atoms with Gasteiger partial charge in [0, 0.05) is 6.04 Å². The summed E-state index contributed by atoms with van der Waals surface area (Å²) in [5, 5.41) is 3.02. The molecule has 1 aliphatic carbocycles. The van der Waals surface area contributed by atoms with Gasteiger partial charge in [0.1, 0.15) is 0 Å². The van der Waals surface area contributed by atoms with E-state index >= 15 is 0 Å². The molecule has 0 spiro atoms. The number of rotatable bonds is 3. The van der Waals surface area contributed by atoms with E-state index in [-0.39, 0.29) is 6.04 Å². The topological polar surface area (TPSA) is 12.0 Å². The third-order valence-corrected chi connectivity index (χ3v) is 3.51. The van der Waals surface area contributed by atoms with Crippen LogP contribution >= 0.6 is 0 Å². The summed E-state index contributed by atoms with van der Waals surface area (Å²) in [4.78, 5) is 0. The summed E-state index contributed by atoms with van der Waals surface area (Å²) in [5.74, 6) is 0.831. The lowest BCUT2D eigenvalue weighted by Crippen LogP contribution is -2.23. The van der Waals surface area contributed by atoms with Gasteiger partial charge < -0.3 is 5.32 Å². The maximum atomic E-state index is 12.9. The first-order chi connectivity index (χ1) is 7.95. The molecule has 1 aromatic rings. The Kier molecular flexibility index (Phi) is 3.17. The fraction of sp³-hybridized carbons (Fsp3) is 0.538. The second-order valence-corrected chi connectivity index (χ2v) is 4.73. The van der Waals surface area contributed by atoms with Crippen LogP contribution in [0.3, 0.4) is 0 Å². The number of benzene rings is 1. The molecule has 0 bridgehead atoms. The molecule has 0 aliphatic heterocycles. The van der Waals surface area contributed by atoms with Crippen LogP contribution in [0.5, 0.6) is 0 Å². The molecule has 1 nitrogen and oxygen atoms in total. The molecule has 1 saturated carbocycles. The predicted molar refractivity (Wildman–Crippen MR) is 60.5 cm³/mol. The number of alkyl halides is 3. The van der Waals surface area contributed by atoms with Crippen molar-refractivity contribution >= 4 is 0 Å². The fourth-order valence-corrected chi connectivity index (χ4v) is 2.44. The molecule has 2 rings (SSSR count). The van der Waals surface area contributed by atoms with Gasteiger partial charge in [-0.25, -0.2) is 0 Å². The molecule has 4 heteroatoms. The Labute approximate surface area is 99.0 Å².